The van der Waals surface area contributed by atoms with Gasteiger partial charge in [-0.3, -0.25) is 9.79 Å². The number of nitrogens with one attached hydrogen (secondary N) is 2. The minimum Gasteiger partial charge on any atom is -0.356 e. The van der Waals surface area contributed by atoms with Crippen molar-refractivity contribution in [3.05, 3.63) is 35.4 Å². The van der Waals surface area contributed by atoms with Crippen molar-refractivity contribution >= 4 is 47.6 Å². The van der Waals surface area contributed by atoms with Gasteiger partial charge < -0.3 is 15.5 Å². The molecule has 0 bridgehead atoms. The summed E-state index contributed by atoms with van der Waals surface area (Å²) in [5, 5.41) is 6.60. The summed E-state index contributed by atoms with van der Waals surface area (Å²) < 4.78 is 0. The van der Waals surface area contributed by atoms with E-state index < -0.39 is 0 Å². The lowest BCUT2D eigenvalue weighted by molar-refractivity contribution is -0.131. The molecular weight excluding hydrogens is 459 g/mol. The third-order valence-electron chi connectivity index (χ3n) is 4.34. The van der Waals surface area contributed by atoms with E-state index in [1.54, 1.807) is 7.05 Å². The van der Waals surface area contributed by atoms with Gasteiger partial charge in [0.25, 0.3) is 0 Å². The van der Waals surface area contributed by atoms with Gasteiger partial charge in [-0.1, -0.05) is 24.3 Å². The van der Waals surface area contributed by atoms with Crippen molar-refractivity contribution in [2.45, 2.75) is 38.8 Å². The minimum atomic E-state index is 0. The van der Waals surface area contributed by atoms with Gasteiger partial charge in [-0.15, -0.1) is 24.0 Å². The number of hydrogen-bond donors (Lipinski definition) is 2. The molecule has 2 N–H and O–H groups in total. The van der Waals surface area contributed by atoms with E-state index in [4.69, 9.17) is 0 Å². The number of carbonyl (C=O) groups is 1. The van der Waals surface area contributed by atoms with E-state index in [-0.39, 0.29) is 29.9 Å². The Hall–Kier alpha value is -0.960. The predicted molar refractivity (Wildman–Crippen MR) is 122 cm³/mol. The van der Waals surface area contributed by atoms with Crippen molar-refractivity contribution in [2.75, 3.05) is 32.1 Å². The van der Waals surface area contributed by atoms with E-state index in [0.29, 0.717) is 6.42 Å². The summed E-state index contributed by atoms with van der Waals surface area (Å²) in [4.78, 5) is 18.5. The zero-order chi connectivity index (χ0) is 17.9. The lowest BCUT2D eigenvalue weighted by Crippen LogP contribution is -2.38. The zero-order valence-electron chi connectivity index (χ0n) is 15.8. The molecule has 1 aromatic rings. The number of rotatable bonds is 9. The van der Waals surface area contributed by atoms with Crippen molar-refractivity contribution in [2.24, 2.45) is 4.99 Å². The first-order valence-corrected chi connectivity index (χ1v) is 10.4. The quantitative estimate of drug-likeness (QED) is 0.242. The first-order valence-electron chi connectivity index (χ1n) is 9.02. The van der Waals surface area contributed by atoms with E-state index >= 15 is 0 Å². The molecule has 1 heterocycles. The first-order chi connectivity index (χ1) is 12.2. The Labute approximate surface area is 178 Å². The minimum absolute atomic E-state index is 0. The number of thioether (sulfide) groups is 1. The van der Waals surface area contributed by atoms with E-state index in [9.17, 15) is 4.79 Å². The van der Waals surface area contributed by atoms with Crippen molar-refractivity contribution in [3.8, 4) is 0 Å². The van der Waals surface area contributed by atoms with Crippen molar-refractivity contribution < 1.29 is 4.79 Å². The van der Waals surface area contributed by atoms with Gasteiger partial charge in [-0.05, 0) is 42.4 Å². The molecule has 7 heteroatoms. The molecule has 5 nitrogen and oxygen atoms in total. The molecule has 0 radical (unpaired) electrons. The lowest BCUT2D eigenvalue weighted by Gasteiger charge is -2.16. The molecule has 1 amide bonds. The predicted octanol–water partition coefficient (Wildman–Crippen LogP) is 3.24. The lowest BCUT2D eigenvalue weighted by atomic mass is 10.1. The number of halogens is 1. The van der Waals surface area contributed by atoms with Gasteiger partial charge in [0.1, 0.15) is 0 Å². The molecule has 1 aliphatic heterocycles. The highest BCUT2D eigenvalue weighted by molar-refractivity contribution is 14.0. The second-order valence-corrected chi connectivity index (χ2v) is 7.23. The number of unbranched alkanes of at least 4 members (excludes halogenated alkanes) is 1. The van der Waals surface area contributed by atoms with Crippen LogP contribution in [0.3, 0.4) is 0 Å². The second-order valence-electron chi connectivity index (χ2n) is 6.25. The highest BCUT2D eigenvalue weighted by Crippen LogP contribution is 2.22. The molecule has 26 heavy (non-hydrogen) atoms. The Kier molecular flexibility index (Phi) is 11.8. The summed E-state index contributed by atoms with van der Waals surface area (Å²) in [7, 11) is 1.78. The molecule has 1 aliphatic rings. The van der Waals surface area contributed by atoms with Crippen LogP contribution in [0, 0.1) is 0 Å². The molecule has 0 saturated heterocycles. The highest BCUT2D eigenvalue weighted by Gasteiger charge is 2.22. The molecule has 1 aromatic carbocycles. The summed E-state index contributed by atoms with van der Waals surface area (Å²) in [5.74, 6) is 2.26. The van der Waals surface area contributed by atoms with Crippen LogP contribution in [0.1, 0.15) is 36.8 Å². The van der Waals surface area contributed by atoms with Crippen molar-refractivity contribution in [3.63, 3.8) is 0 Å². The van der Waals surface area contributed by atoms with E-state index in [1.807, 2.05) is 28.8 Å². The summed E-state index contributed by atoms with van der Waals surface area (Å²) in [5.41, 5.74) is 2.56. The average molecular weight is 490 g/mol. The maximum Gasteiger partial charge on any atom is 0.223 e. The van der Waals surface area contributed by atoms with Crippen LogP contribution >= 0.6 is 35.7 Å². The Morgan fingerprint density at radius 3 is 2.31 bits per heavy atom. The molecule has 2 rings (SSSR count). The number of guanidine groups is 1. The van der Waals surface area contributed by atoms with Gasteiger partial charge in [-0.25, -0.2) is 0 Å². The third-order valence-corrected chi connectivity index (χ3v) is 5.04. The number of fused-ring (bicyclic) bond motifs is 1. The molecule has 0 unspecified atom stereocenters. The van der Waals surface area contributed by atoms with Crippen LogP contribution in [0.4, 0.5) is 0 Å². The van der Waals surface area contributed by atoms with Crippen LogP contribution in [0.15, 0.2) is 29.3 Å². The van der Waals surface area contributed by atoms with Gasteiger partial charge in [0.05, 0.1) is 0 Å². The fourth-order valence-electron chi connectivity index (χ4n) is 2.91. The van der Waals surface area contributed by atoms with Gasteiger partial charge >= 0.3 is 0 Å². The molecule has 146 valence electrons. The van der Waals surface area contributed by atoms with Crippen LogP contribution in [-0.4, -0.2) is 48.9 Å². The average Bonchev–Trinajstić information content (AvgIpc) is 3.07. The van der Waals surface area contributed by atoms with Gasteiger partial charge in [0.15, 0.2) is 5.96 Å². The molecule has 0 aliphatic carbocycles. The third kappa shape index (κ3) is 7.73. The second kappa shape index (κ2) is 13.2. The summed E-state index contributed by atoms with van der Waals surface area (Å²) in [6.07, 6.45) is 5.90. The van der Waals surface area contributed by atoms with E-state index in [1.165, 1.54) is 23.3 Å². The highest BCUT2D eigenvalue weighted by atomic mass is 127. The number of benzene rings is 1. The maximum absolute atomic E-state index is 12.4. The van der Waals surface area contributed by atoms with Crippen LogP contribution in [0.25, 0.3) is 0 Å². The Balaban J connectivity index is 0.00000338. The summed E-state index contributed by atoms with van der Waals surface area (Å²) >= 11 is 1.88. The molecule has 0 fully saturated rings. The topological polar surface area (TPSA) is 56.7 Å². The Morgan fingerprint density at radius 1 is 1.12 bits per heavy atom. The van der Waals surface area contributed by atoms with Crippen LogP contribution in [0.5, 0.6) is 0 Å². The fraction of sp³-hybridized carbons (Fsp3) is 0.579. The number of nitrogens with zero attached hydrogens (tertiary/aromatic N) is 2. The largest absolute Gasteiger partial charge is 0.356 e. The first kappa shape index (κ1) is 23.1. The molecule has 0 saturated carbocycles. The number of carbonyl (C=O) groups excluding carboxylic acids is 1. The summed E-state index contributed by atoms with van der Waals surface area (Å²) in [6, 6.07) is 8.30. The van der Waals surface area contributed by atoms with E-state index in [0.717, 1.165) is 45.0 Å². The van der Waals surface area contributed by atoms with Gasteiger partial charge in [0.2, 0.25) is 5.91 Å². The van der Waals surface area contributed by atoms with Gasteiger partial charge in [0, 0.05) is 39.6 Å². The molecule has 0 atom stereocenters. The molecule has 0 spiro atoms. The molecular formula is C19H31IN4OS. The van der Waals surface area contributed by atoms with Crippen LogP contribution < -0.4 is 10.6 Å². The van der Waals surface area contributed by atoms with Crippen molar-refractivity contribution in [1.82, 2.24) is 15.5 Å². The smallest absolute Gasteiger partial charge is 0.223 e. The summed E-state index contributed by atoms with van der Waals surface area (Å²) in [6.45, 7) is 3.20. The normalized spacial score (nSPS) is 13.2. The maximum atomic E-state index is 12.4. The van der Waals surface area contributed by atoms with E-state index in [2.05, 4.69) is 34.0 Å². The SMILES string of the molecule is CN=C(NCCCCSC)NCCCC(=O)N1Cc2ccccc2C1.I. The number of aliphatic imine (C=N–C) groups is 1. The zero-order valence-corrected chi connectivity index (χ0v) is 18.9. The van der Waals surface area contributed by atoms with Gasteiger partial charge in [-0.2, -0.15) is 11.8 Å². The monoisotopic (exact) mass is 490 g/mol. The number of hydrogen-bond acceptors (Lipinski definition) is 3. The molecule has 0 aromatic heterocycles. The Morgan fingerprint density at radius 2 is 1.73 bits per heavy atom. The van der Waals surface area contributed by atoms with Crippen LogP contribution in [-0.2, 0) is 17.9 Å². The number of amides is 1. The van der Waals surface area contributed by atoms with Crippen LogP contribution in [0.2, 0.25) is 0 Å². The fourth-order valence-corrected chi connectivity index (χ4v) is 3.41. The van der Waals surface area contributed by atoms with Crippen molar-refractivity contribution in [1.29, 1.82) is 0 Å². The Bertz CT molecular complexity index is 557. The standard InChI is InChI=1S/C19H30N4OS.HI/c1-20-19(21-11-5-6-13-25-2)22-12-7-10-18(24)23-14-16-8-3-4-9-17(16)15-23;/h3-4,8-9H,5-7,10-15H2,1-2H3,(H2,20,21,22);1H.